The molecular formula is C56H140I2N2O4Si6. The highest BCUT2D eigenvalue weighted by Gasteiger charge is 2.41. The van der Waals surface area contributed by atoms with Crippen molar-refractivity contribution in [1.82, 2.24) is 4.90 Å². The van der Waals surface area contributed by atoms with Gasteiger partial charge in [0, 0.05) is 0 Å². The van der Waals surface area contributed by atoms with Gasteiger partial charge in [0.2, 0.25) is 0 Å². The molecule has 0 spiro atoms. The molecular weight excluding hydrogens is 1190 g/mol. The summed E-state index contributed by atoms with van der Waals surface area (Å²) in [6, 6.07) is 5.04. The van der Waals surface area contributed by atoms with Gasteiger partial charge < -0.3 is 49.8 Å². The predicted octanol–water partition coefficient (Wildman–Crippen LogP) is 18.3. The van der Waals surface area contributed by atoms with Gasteiger partial charge >= 0.3 is 17.1 Å². The van der Waals surface area contributed by atoms with Crippen LogP contribution in [-0.2, 0) is 16.5 Å². The Labute approximate surface area is 485 Å². The topological polar surface area (TPSA) is 40.2 Å². The molecule has 0 rings (SSSR count). The van der Waals surface area contributed by atoms with Crippen LogP contribution in [0.2, 0.25) is 103 Å². The van der Waals surface area contributed by atoms with E-state index in [-0.39, 0.29) is 53.7 Å². The third-order valence-electron chi connectivity index (χ3n) is 12.8. The van der Waals surface area contributed by atoms with Gasteiger partial charge in [0.1, 0.15) is 0 Å². The number of halogens is 2. The van der Waals surface area contributed by atoms with Crippen LogP contribution in [0.1, 0.15) is 213 Å². The Morgan fingerprint density at radius 2 is 0.557 bits per heavy atom. The summed E-state index contributed by atoms with van der Waals surface area (Å²) in [5, 5.41) is 0. The van der Waals surface area contributed by atoms with Crippen molar-refractivity contribution in [2.24, 2.45) is 0 Å². The second-order valence-electron chi connectivity index (χ2n) is 23.5. The molecule has 0 fully saturated rings. The van der Waals surface area contributed by atoms with E-state index >= 15 is 0 Å². The van der Waals surface area contributed by atoms with Crippen LogP contribution in [0.25, 0.3) is 0 Å². The lowest BCUT2D eigenvalue weighted by Gasteiger charge is -2.39. The quantitative estimate of drug-likeness (QED) is 0.0200. The average molecular weight is 1330 g/mol. The maximum Gasteiger partial charge on any atom is 0.311 e. The summed E-state index contributed by atoms with van der Waals surface area (Å²) in [6.07, 6.45) is 29.6. The van der Waals surface area contributed by atoms with Gasteiger partial charge in [0.15, 0.2) is 33.3 Å². The Hall–Kier alpha value is 2.52. The molecule has 0 aromatic heterocycles. The summed E-state index contributed by atoms with van der Waals surface area (Å²) in [7, 11) is -8.20. The van der Waals surface area contributed by atoms with Crippen molar-refractivity contribution in [3.8, 4) is 0 Å². The largest absolute Gasteiger partial charge is 1.00 e. The van der Waals surface area contributed by atoms with Crippen LogP contribution < -0.4 is 24.0 Å². The van der Waals surface area contributed by atoms with Crippen LogP contribution >= 0.6 is 22.6 Å². The number of unbranched alkanes of at least 4 members (excludes halogenated alkanes) is 14. The van der Waals surface area contributed by atoms with Crippen LogP contribution in [0.5, 0.6) is 0 Å². The summed E-state index contributed by atoms with van der Waals surface area (Å²) in [5.74, 6) is 0. The number of alkyl halides is 1. The van der Waals surface area contributed by atoms with Crippen molar-refractivity contribution < 1.29 is 44.9 Å². The van der Waals surface area contributed by atoms with Gasteiger partial charge in [-0.1, -0.05) is 184 Å². The van der Waals surface area contributed by atoms with Gasteiger partial charge in [0.05, 0.1) is 26.7 Å². The fraction of sp³-hybridized carbons (Fsp3) is 1.00. The zero-order chi connectivity index (χ0) is 50.5. The maximum atomic E-state index is 6.87. The zero-order valence-corrected chi connectivity index (χ0v) is 59.2. The summed E-state index contributed by atoms with van der Waals surface area (Å²) < 4.78 is 28.4. The van der Waals surface area contributed by atoms with Crippen molar-refractivity contribution in [3.05, 3.63) is 0 Å². The Morgan fingerprint density at radius 1 is 0.329 bits per heavy atom. The summed E-state index contributed by atoms with van der Waals surface area (Å²) in [5.41, 5.74) is 0. The molecule has 0 saturated carbocycles. The Morgan fingerprint density at radius 3 is 0.843 bits per heavy atom. The minimum Gasteiger partial charge on any atom is -1.00 e. The molecule has 14 heteroatoms. The molecule has 0 atom stereocenters. The zero-order valence-electron chi connectivity index (χ0n) is 48.9. The molecule has 6 nitrogen and oxygen atoms in total. The van der Waals surface area contributed by atoms with Crippen molar-refractivity contribution >= 4 is 73.0 Å². The Kier molecular flexibility index (Phi) is 64.9. The fourth-order valence-electron chi connectivity index (χ4n) is 9.76. The molecule has 70 heavy (non-hydrogen) atoms. The van der Waals surface area contributed by atoms with E-state index in [2.05, 4.69) is 155 Å². The maximum absolute atomic E-state index is 6.87. The SMILES string of the molecule is C.C.C.C.CCCCCCN(CCCCCC)CCC[Si](C)(C)O[Si](C)(C)O[Si](C)(C)CCCC.CCCCCC[N+](C)(CCCCCC)CCC[Si](C)(C)O[Si](C)(C)O[Si](C)(C)CCCC.CI.[I-]. The van der Waals surface area contributed by atoms with Crippen molar-refractivity contribution in [3.63, 3.8) is 0 Å². The first kappa shape index (κ1) is 89.1. The number of hydrogen-bond acceptors (Lipinski definition) is 5. The smallest absolute Gasteiger partial charge is 0.311 e. The monoisotopic (exact) mass is 1330 g/mol. The lowest BCUT2D eigenvalue weighted by molar-refractivity contribution is -0.910. The van der Waals surface area contributed by atoms with E-state index in [1.807, 2.05) is 4.93 Å². The normalized spacial score (nSPS) is 12.3. The molecule has 436 valence electrons. The Balaban J connectivity index is -0.000000165. The Bertz CT molecular complexity index is 1050. The molecule has 0 saturated heterocycles. The second-order valence-corrected chi connectivity index (χ2v) is 48.5. The van der Waals surface area contributed by atoms with Crippen LogP contribution in [0.15, 0.2) is 0 Å². The molecule has 0 radical (unpaired) electrons. The van der Waals surface area contributed by atoms with Gasteiger partial charge in [-0.05, 0) is 179 Å². The van der Waals surface area contributed by atoms with E-state index in [1.54, 1.807) is 0 Å². The summed E-state index contributed by atoms with van der Waals surface area (Å²) in [6.45, 7) is 50.0. The van der Waals surface area contributed by atoms with Gasteiger partial charge in [-0.2, -0.15) is 0 Å². The lowest BCUT2D eigenvalue weighted by atomic mass is 10.1. The van der Waals surface area contributed by atoms with Crippen molar-refractivity contribution in [2.75, 3.05) is 51.2 Å². The van der Waals surface area contributed by atoms with Gasteiger partial charge in [-0.25, -0.2) is 0 Å². The first-order valence-corrected chi connectivity index (χ1v) is 48.3. The molecule has 0 aromatic rings. The van der Waals surface area contributed by atoms with Crippen molar-refractivity contribution in [2.45, 2.75) is 315 Å². The first-order chi connectivity index (χ1) is 30.3. The van der Waals surface area contributed by atoms with Gasteiger partial charge in [0.25, 0.3) is 0 Å². The third kappa shape index (κ3) is 56.7. The van der Waals surface area contributed by atoms with E-state index in [1.165, 1.54) is 209 Å². The molecule has 0 aliphatic heterocycles. The van der Waals surface area contributed by atoms with Crippen LogP contribution in [0.4, 0.5) is 0 Å². The summed E-state index contributed by atoms with van der Waals surface area (Å²) in [4.78, 5) is 4.72. The third-order valence-corrected chi connectivity index (χ3v) is 35.8. The highest BCUT2D eigenvalue weighted by Crippen LogP contribution is 2.29. The molecule has 0 aliphatic carbocycles. The van der Waals surface area contributed by atoms with E-state index in [4.69, 9.17) is 16.5 Å². The molecule has 0 unspecified atom stereocenters. The second kappa shape index (κ2) is 51.0. The van der Waals surface area contributed by atoms with Gasteiger partial charge in [-0.15, -0.1) is 0 Å². The minimum absolute atomic E-state index is 0. The molecule has 0 aromatic carbocycles. The number of hydrogen-bond donors (Lipinski definition) is 0. The number of rotatable bonds is 42. The van der Waals surface area contributed by atoms with Gasteiger partial charge in [-0.3, -0.25) is 0 Å². The molecule has 0 aliphatic rings. The van der Waals surface area contributed by atoms with E-state index in [9.17, 15) is 0 Å². The standard InChI is InChI=1S/C26H62NO2Si3.C25H59NO2Si3.CH3I.4CH4.HI/c1-11-14-17-19-22-27(4,23-20-18-15-12-2)24-21-26-31(7,8)29-32(9,10)28-30(5,6)25-16-13-3;1-10-13-16-18-21-26(22-19-17-14-11-2)23-20-25-30(6,7)28-31(8,9)27-29(4,5)24-15-12-3;1-2;;;;;/h11-26H2,1-10H3;10-25H2,1-9H3;1H3;4*1H4;1H/q+1;;;;;;;/p-1. The van der Waals surface area contributed by atoms with Crippen LogP contribution in [0.3, 0.4) is 0 Å². The molecule has 0 bridgehead atoms. The number of nitrogens with zero attached hydrogens (tertiary/aromatic N) is 2. The van der Waals surface area contributed by atoms with Crippen molar-refractivity contribution in [1.29, 1.82) is 0 Å². The fourth-order valence-corrected chi connectivity index (χ4v) is 38.2. The minimum atomic E-state index is -2.06. The lowest BCUT2D eigenvalue weighted by Crippen LogP contribution is -3.00. The predicted molar refractivity (Wildman–Crippen MR) is 348 cm³/mol. The van der Waals surface area contributed by atoms with E-state index in [0.29, 0.717) is 0 Å². The van der Waals surface area contributed by atoms with E-state index in [0.717, 1.165) is 0 Å². The average Bonchev–Trinajstić information content (AvgIpc) is 3.19. The molecule has 0 amide bonds. The van der Waals surface area contributed by atoms with Crippen LogP contribution in [0, 0.1) is 0 Å². The molecule has 0 N–H and O–H groups in total. The van der Waals surface area contributed by atoms with Crippen LogP contribution in [-0.4, -0.2) is 111 Å². The highest BCUT2D eigenvalue weighted by molar-refractivity contribution is 14.1. The first-order valence-electron chi connectivity index (χ1n) is 28.0. The summed E-state index contributed by atoms with van der Waals surface area (Å²) >= 11 is 2.15. The molecule has 0 heterocycles. The van der Waals surface area contributed by atoms with E-state index < -0.39 is 50.4 Å². The highest BCUT2D eigenvalue weighted by atomic mass is 127. The number of quaternary nitrogens is 1.